The Balaban J connectivity index is 2.98. The molecule has 0 unspecified atom stereocenters. The minimum absolute atomic E-state index is 0.480. The highest BCUT2D eigenvalue weighted by atomic mass is 28.5. The molecule has 0 atom stereocenters. The summed E-state index contributed by atoms with van der Waals surface area (Å²) in [5.74, 6) is 0. The van der Waals surface area contributed by atoms with E-state index in [4.69, 9.17) is 34.2 Å². The van der Waals surface area contributed by atoms with Gasteiger partial charge in [0.1, 0.15) is 0 Å². The van der Waals surface area contributed by atoms with Gasteiger partial charge in [0.05, 0.1) is 0 Å². The molecule has 1 saturated heterocycles. The quantitative estimate of drug-likeness (QED) is 0.429. The molecule has 0 bridgehead atoms. The van der Waals surface area contributed by atoms with E-state index in [0.29, 0.717) is 26.4 Å². The van der Waals surface area contributed by atoms with Crippen LogP contribution in [0.5, 0.6) is 0 Å². The van der Waals surface area contributed by atoms with E-state index < -0.39 is 38.1 Å². The van der Waals surface area contributed by atoms with Crippen LogP contribution >= 0.6 is 0 Å². The Morgan fingerprint density at radius 1 is 0.625 bits per heavy atom. The fourth-order valence-electron chi connectivity index (χ4n) is 1.75. The molecule has 1 rings (SSSR count). The van der Waals surface area contributed by atoms with Crippen LogP contribution in [0.1, 0.15) is 53.4 Å². The van der Waals surface area contributed by atoms with Gasteiger partial charge in [-0.2, -0.15) is 0 Å². The smallest absolute Gasteiger partial charge is 0.425 e. The molecule has 24 heavy (non-hydrogen) atoms. The van der Waals surface area contributed by atoms with Crippen LogP contribution in [0.2, 0.25) is 0 Å². The first-order valence-corrected chi connectivity index (χ1v) is 14.3. The van der Waals surface area contributed by atoms with Gasteiger partial charge in [-0.3, -0.25) is 0 Å². The van der Waals surface area contributed by atoms with Crippen LogP contribution in [-0.4, -0.2) is 64.5 Å². The Kier molecular flexibility index (Phi) is 12.1. The van der Waals surface area contributed by atoms with Crippen molar-refractivity contribution in [1.82, 2.24) is 0 Å². The molecule has 8 nitrogen and oxygen atoms in total. The van der Waals surface area contributed by atoms with Crippen LogP contribution in [0.15, 0.2) is 0 Å². The van der Waals surface area contributed by atoms with E-state index in [1.165, 1.54) is 0 Å². The van der Waals surface area contributed by atoms with Crippen LogP contribution in [0.25, 0.3) is 0 Å². The molecule has 0 saturated carbocycles. The topological polar surface area (TPSA) is 73.8 Å². The second kappa shape index (κ2) is 12.8. The van der Waals surface area contributed by atoms with Crippen molar-refractivity contribution in [2.24, 2.45) is 0 Å². The van der Waals surface area contributed by atoms with E-state index in [1.54, 1.807) is 0 Å². The highest BCUT2D eigenvalue weighted by molar-refractivity contribution is 6.73. The van der Waals surface area contributed by atoms with Crippen molar-refractivity contribution < 1.29 is 34.2 Å². The maximum Gasteiger partial charge on any atom is 0.664 e. The second-order valence-corrected chi connectivity index (χ2v) is 13.6. The van der Waals surface area contributed by atoms with E-state index in [9.17, 15) is 0 Å². The molecule has 0 aliphatic carbocycles. The Labute approximate surface area is 152 Å². The van der Waals surface area contributed by atoms with Crippen molar-refractivity contribution in [3.8, 4) is 0 Å². The molecule has 1 aliphatic rings. The summed E-state index contributed by atoms with van der Waals surface area (Å²) in [7, 11) is -9.32. The van der Waals surface area contributed by atoms with Gasteiger partial charge in [-0.05, 0) is 25.7 Å². The van der Waals surface area contributed by atoms with Crippen molar-refractivity contribution in [2.75, 3.05) is 26.4 Å². The highest BCUT2D eigenvalue weighted by Gasteiger charge is 2.60. The maximum atomic E-state index is 6.21. The van der Waals surface area contributed by atoms with Crippen molar-refractivity contribution in [1.29, 1.82) is 0 Å². The van der Waals surface area contributed by atoms with E-state index in [0.717, 1.165) is 25.7 Å². The molecule has 0 amide bonds. The van der Waals surface area contributed by atoms with Gasteiger partial charge in [-0.1, -0.05) is 27.7 Å². The third-order valence-corrected chi connectivity index (χ3v) is 12.2. The molecule has 0 aromatic heterocycles. The Morgan fingerprint density at radius 3 is 1.25 bits per heavy atom. The lowest BCUT2D eigenvalue weighted by molar-refractivity contribution is -0.0374. The van der Waals surface area contributed by atoms with Crippen LogP contribution in [-0.2, 0) is 34.2 Å². The molecule has 0 radical (unpaired) electrons. The average Bonchev–Trinajstić information content (AvgIpc) is 2.58. The molecule has 0 aromatic rings. The van der Waals surface area contributed by atoms with Crippen LogP contribution in [0, 0.1) is 0 Å². The van der Waals surface area contributed by atoms with Gasteiger partial charge >= 0.3 is 18.1 Å². The van der Waals surface area contributed by atoms with Gasteiger partial charge in [0.25, 0.3) is 20.0 Å². The number of hydrogen-bond donors (Lipinski definition) is 0. The fourth-order valence-corrected chi connectivity index (χ4v) is 12.4. The molecule has 1 fully saturated rings. The average molecular weight is 417 g/mol. The van der Waals surface area contributed by atoms with Crippen molar-refractivity contribution in [2.45, 2.75) is 53.4 Å². The molecule has 144 valence electrons. The normalized spacial score (nSPS) is 22.5. The summed E-state index contributed by atoms with van der Waals surface area (Å²) in [6, 6.07) is 0. The van der Waals surface area contributed by atoms with Crippen LogP contribution < -0.4 is 0 Å². The van der Waals surface area contributed by atoms with Gasteiger partial charge < -0.3 is 34.2 Å². The molecule has 0 N–H and O–H groups in total. The molecular formula is C12H32O8Si4. The largest absolute Gasteiger partial charge is 0.664 e. The van der Waals surface area contributed by atoms with Crippen LogP contribution in [0.4, 0.5) is 0 Å². The highest BCUT2D eigenvalue weighted by Crippen LogP contribution is 2.24. The summed E-state index contributed by atoms with van der Waals surface area (Å²) >= 11 is 0. The van der Waals surface area contributed by atoms with E-state index >= 15 is 0 Å². The Bertz CT molecular complexity index is 270. The van der Waals surface area contributed by atoms with Gasteiger partial charge in [0, 0.05) is 26.4 Å². The first-order valence-electron chi connectivity index (χ1n) is 8.77. The molecular weight excluding hydrogens is 384 g/mol. The van der Waals surface area contributed by atoms with Crippen molar-refractivity contribution in [3.05, 3.63) is 0 Å². The molecule has 0 aromatic carbocycles. The van der Waals surface area contributed by atoms with Crippen LogP contribution in [0.3, 0.4) is 0 Å². The lowest BCUT2D eigenvalue weighted by Crippen LogP contribution is -2.64. The zero-order valence-corrected chi connectivity index (χ0v) is 20.2. The minimum atomic E-state index is -3.40. The SMILES string of the molecule is CCCO[Si]1(OCCC)O[SiH2]O[SiH2]O[Si](OCCC)(OCCC)O1. The van der Waals surface area contributed by atoms with Crippen molar-refractivity contribution >= 4 is 38.1 Å². The lowest BCUT2D eigenvalue weighted by Gasteiger charge is -2.37. The zero-order valence-electron chi connectivity index (χ0n) is 15.3. The Morgan fingerprint density at radius 2 is 0.958 bits per heavy atom. The van der Waals surface area contributed by atoms with E-state index in [2.05, 4.69) is 0 Å². The van der Waals surface area contributed by atoms with Gasteiger partial charge in [-0.15, -0.1) is 0 Å². The van der Waals surface area contributed by atoms with E-state index in [1.807, 2.05) is 27.7 Å². The lowest BCUT2D eigenvalue weighted by atomic mass is 10.5. The monoisotopic (exact) mass is 416 g/mol. The second-order valence-electron chi connectivity index (χ2n) is 5.22. The minimum Gasteiger partial charge on any atom is -0.425 e. The molecule has 12 heteroatoms. The number of hydrogen-bond acceptors (Lipinski definition) is 8. The summed E-state index contributed by atoms with van der Waals surface area (Å²) in [6.07, 6.45) is 3.31. The first kappa shape index (κ1) is 22.6. The van der Waals surface area contributed by atoms with Crippen molar-refractivity contribution in [3.63, 3.8) is 0 Å². The first-order chi connectivity index (χ1) is 11.7. The molecule has 1 heterocycles. The standard InChI is InChI=1S/C12H32O8Si4/c1-5-9-13-23(14-10-6-2)18-21-17-22-19-24(20-23,15-11-7-3)16-12-8-4/h5-12,21-22H2,1-4H3. The molecule has 0 spiro atoms. The maximum absolute atomic E-state index is 6.21. The fraction of sp³-hybridized carbons (Fsp3) is 1.00. The predicted octanol–water partition coefficient (Wildman–Crippen LogP) is 0.642. The third kappa shape index (κ3) is 7.84. The summed E-state index contributed by atoms with van der Waals surface area (Å²) < 4.78 is 47.3. The van der Waals surface area contributed by atoms with Gasteiger partial charge in [-0.25, -0.2) is 0 Å². The van der Waals surface area contributed by atoms with E-state index in [-0.39, 0.29) is 0 Å². The predicted molar refractivity (Wildman–Crippen MR) is 97.9 cm³/mol. The van der Waals surface area contributed by atoms with Gasteiger partial charge in [0.15, 0.2) is 0 Å². The summed E-state index contributed by atoms with van der Waals surface area (Å²) in [6.45, 7) is 10.0. The van der Waals surface area contributed by atoms with Gasteiger partial charge in [0.2, 0.25) is 0 Å². The summed E-state index contributed by atoms with van der Waals surface area (Å²) in [5, 5.41) is 0. The summed E-state index contributed by atoms with van der Waals surface area (Å²) in [4.78, 5) is 0. The third-order valence-electron chi connectivity index (χ3n) is 2.82. The number of rotatable bonds is 12. The Hall–Kier alpha value is 0.548. The molecule has 1 aliphatic heterocycles. The summed E-state index contributed by atoms with van der Waals surface area (Å²) in [5.41, 5.74) is 0. The zero-order chi connectivity index (χ0) is 17.7.